The number of nitrogens with two attached hydrogens (primary N) is 1. The topological polar surface area (TPSA) is 146 Å². The van der Waals surface area contributed by atoms with Gasteiger partial charge in [-0.3, -0.25) is 9.59 Å². The summed E-state index contributed by atoms with van der Waals surface area (Å²) < 4.78 is 13.1. The lowest BCUT2D eigenvalue weighted by atomic mass is 9.84. The third-order valence-electron chi connectivity index (χ3n) is 9.65. The largest absolute Gasteiger partial charge is 0.397 e. The summed E-state index contributed by atoms with van der Waals surface area (Å²) in [6, 6.07) is 29.7. The molecule has 51 heavy (non-hydrogen) atoms. The van der Waals surface area contributed by atoms with Gasteiger partial charge in [0.2, 0.25) is 11.8 Å². The zero-order valence-electron chi connectivity index (χ0n) is 28.5. The molecule has 0 saturated carbocycles. The number of ether oxygens (including phenoxy) is 2. The molecule has 2 saturated heterocycles. The van der Waals surface area contributed by atoms with Gasteiger partial charge in [-0.1, -0.05) is 72.3 Å². The summed E-state index contributed by atoms with van der Waals surface area (Å²) in [6.07, 6.45) is 1.65. The molecule has 4 aromatic rings. The Morgan fingerprint density at radius 2 is 1.49 bits per heavy atom. The predicted octanol–water partition coefficient (Wildman–Crippen LogP) is 6.69. The Balaban J connectivity index is 1.05. The number of nitrogen functional groups attached to an aromatic ring is 1. The molecule has 11 heteroatoms. The molecule has 2 aliphatic heterocycles. The lowest BCUT2D eigenvalue weighted by Gasteiger charge is -2.42. The summed E-state index contributed by atoms with van der Waals surface area (Å²) in [5, 5.41) is 27.3. The van der Waals surface area contributed by atoms with Crippen LogP contribution in [-0.4, -0.2) is 52.7 Å². The molecule has 0 bridgehead atoms. The molecule has 268 valence electrons. The van der Waals surface area contributed by atoms with Crippen LogP contribution < -0.4 is 16.4 Å². The number of carbonyl (C=O) groups excluding carboxylic acids is 2. The van der Waals surface area contributed by atoms with E-state index in [-0.39, 0.29) is 43.5 Å². The molecule has 0 unspecified atom stereocenters. The number of carbonyl (C=O) groups is 2. The number of para-hydroxylation sites is 2. The standard InChI is InChI=1S/C40H45ClN4O6/c41-31-16-14-30(15-17-31)40(49)20-22-45(23-21-40)25-33-24-36(28-10-8-27(26-46)9-11-28)51-39(50-33)29-12-18-32(19-13-29)43-37(47)6-3-7-38(48)44-35-5-2-1-4-34(35)42/h1-2,4-5,8-19,33,36,39,46,49H,3,6-7,20-26,42H2,(H,43,47)(H,44,48)/t33-,36+,39+/m0/s1. The number of nitrogens with zero attached hydrogens (tertiary/aromatic N) is 1. The van der Waals surface area contributed by atoms with Crippen molar-refractivity contribution in [1.82, 2.24) is 4.90 Å². The first-order chi connectivity index (χ1) is 24.7. The van der Waals surface area contributed by atoms with Crippen LogP contribution in [0.15, 0.2) is 97.1 Å². The van der Waals surface area contributed by atoms with E-state index in [0.29, 0.717) is 54.3 Å². The molecular formula is C40H45ClN4O6. The second-order valence-corrected chi connectivity index (χ2v) is 13.8. The van der Waals surface area contributed by atoms with Crippen LogP contribution in [0.3, 0.4) is 0 Å². The van der Waals surface area contributed by atoms with Crippen molar-refractivity contribution in [2.75, 3.05) is 36.0 Å². The third-order valence-corrected chi connectivity index (χ3v) is 9.90. The van der Waals surface area contributed by atoms with E-state index in [9.17, 15) is 19.8 Å². The molecule has 0 radical (unpaired) electrons. The van der Waals surface area contributed by atoms with Crippen molar-refractivity contribution in [3.05, 3.63) is 124 Å². The van der Waals surface area contributed by atoms with Crippen LogP contribution >= 0.6 is 11.6 Å². The van der Waals surface area contributed by atoms with Gasteiger partial charge in [0.15, 0.2) is 6.29 Å². The van der Waals surface area contributed by atoms with E-state index in [0.717, 1.165) is 35.3 Å². The first-order valence-electron chi connectivity index (χ1n) is 17.4. The number of amides is 2. The SMILES string of the molecule is Nc1ccccc1NC(=O)CCCC(=O)Nc1ccc([C@@H]2O[C@H](CN3CCC(O)(c4ccc(Cl)cc4)CC3)C[C@H](c3ccc(CO)cc3)O2)cc1. The second-order valence-electron chi connectivity index (χ2n) is 13.3. The van der Waals surface area contributed by atoms with E-state index in [1.807, 2.05) is 72.8 Å². The number of aliphatic hydroxyl groups excluding tert-OH is 1. The van der Waals surface area contributed by atoms with Gasteiger partial charge in [-0.05, 0) is 72.4 Å². The lowest BCUT2D eigenvalue weighted by molar-refractivity contribution is -0.253. The highest BCUT2D eigenvalue weighted by Crippen LogP contribution is 2.40. The number of hydrogen-bond donors (Lipinski definition) is 5. The summed E-state index contributed by atoms with van der Waals surface area (Å²) >= 11 is 6.07. The van der Waals surface area contributed by atoms with Crippen LogP contribution in [0.4, 0.5) is 17.1 Å². The lowest BCUT2D eigenvalue weighted by Crippen LogP contribution is -2.46. The van der Waals surface area contributed by atoms with Crippen LogP contribution in [0.25, 0.3) is 0 Å². The Morgan fingerprint density at radius 1 is 0.843 bits per heavy atom. The number of likely N-dealkylation sites (tertiary alicyclic amines) is 1. The molecule has 2 amide bonds. The van der Waals surface area contributed by atoms with Gasteiger partial charge in [0, 0.05) is 55.2 Å². The van der Waals surface area contributed by atoms with Gasteiger partial charge in [0.25, 0.3) is 0 Å². The summed E-state index contributed by atoms with van der Waals surface area (Å²) in [7, 11) is 0. The van der Waals surface area contributed by atoms with Crippen molar-refractivity contribution in [3.63, 3.8) is 0 Å². The Morgan fingerprint density at radius 3 is 2.16 bits per heavy atom. The zero-order chi connectivity index (χ0) is 35.8. The maximum Gasteiger partial charge on any atom is 0.224 e. The highest BCUT2D eigenvalue weighted by Gasteiger charge is 2.37. The number of anilines is 3. The summed E-state index contributed by atoms with van der Waals surface area (Å²) in [6.45, 7) is 2.11. The summed E-state index contributed by atoms with van der Waals surface area (Å²) in [4.78, 5) is 27.3. The van der Waals surface area contributed by atoms with E-state index in [1.54, 1.807) is 24.3 Å². The van der Waals surface area contributed by atoms with Crippen molar-refractivity contribution in [2.24, 2.45) is 0 Å². The Kier molecular flexibility index (Phi) is 12.0. The van der Waals surface area contributed by atoms with E-state index < -0.39 is 11.9 Å². The number of hydrogen-bond acceptors (Lipinski definition) is 8. The molecule has 0 aliphatic carbocycles. The van der Waals surface area contributed by atoms with Crippen molar-refractivity contribution in [3.8, 4) is 0 Å². The van der Waals surface area contributed by atoms with E-state index in [4.69, 9.17) is 26.8 Å². The molecule has 2 heterocycles. The molecule has 0 spiro atoms. The minimum atomic E-state index is -0.889. The van der Waals surface area contributed by atoms with Gasteiger partial charge in [-0.2, -0.15) is 0 Å². The molecule has 3 atom stereocenters. The van der Waals surface area contributed by atoms with Gasteiger partial charge in [0.05, 0.1) is 35.8 Å². The monoisotopic (exact) mass is 712 g/mol. The highest BCUT2D eigenvalue weighted by molar-refractivity contribution is 6.30. The fourth-order valence-electron chi connectivity index (χ4n) is 6.66. The first-order valence-corrected chi connectivity index (χ1v) is 17.8. The molecule has 2 aliphatic rings. The smallest absolute Gasteiger partial charge is 0.224 e. The third kappa shape index (κ3) is 9.74. The quantitative estimate of drug-likeness (QED) is 0.102. The Labute approximate surface area is 303 Å². The summed E-state index contributed by atoms with van der Waals surface area (Å²) in [5.74, 6) is -0.380. The van der Waals surface area contributed by atoms with E-state index in [1.165, 1.54) is 0 Å². The maximum atomic E-state index is 12.7. The normalized spacial score (nSPS) is 20.4. The van der Waals surface area contributed by atoms with Gasteiger partial charge in [-0.25, -0.2) is 0 Å². The van der Waals surface area contributed by atoms with Crippen LogP contribution in [0.5, 0.6) is 0 Å². The molecule has 2 fully saturated rings. The summed E-state index contributed by atoms with van der Waals surface area (Å²) in [5.41, 5.74) is 10.2. The molecule has 6 N–H and O–H groups in total. The molecule has 6 rings (SSSR count). The highest BCUT2D eigenvalue weighted by atomic mass is 35.5. The minimum Gasteiger partial charge on any atom is -0.397 e. The Hall–Kier alpha value is -4.29. The Bertz CT molecular complexity index is 1760. The zero-order valence-corrected chi connectivity index (χ0v) is 29.2. The van der Waals surface area contributed by atoms with Crippen LogP contribution in [0.2, 0.25) is 5.02 Å². The van der Waals surface area contributed by atoms with Crippen LogP contribution in [-0.2, 0) is 31.3 Å². The van der Waals surface area contributed by atoms with Crippen molar-refractivity contribution < 1.29 is 29.3 Å². The van der Waals surface area contributed by atoms with Crippen molar-refractivity contribution >= 4 is 40.5 Å². The molecule has 10 nitrogen and oxygen atoms in total. The number of piperidine rings is 1. The molecular weight excluding hydrogens is 668 g/mol. The average molecular weight is 713 g/mol. The number of nitrogens with one attached hydrogen (secondary N) is 2. The van der Waals surface area contributed by atoms with Crippen LogP contribution in [0, 0.1) is 0 Å². The van der Waals surface area contributed by atoms with Gasteiger partial charge < -0.3 is 41.0 Å². The minimum absolute atomic E-state index is 0.0282. The number of halogens is 1. The van der Waals surface area contributed by atoms with Crippen LogP contribution in [0.1, 0.15) is 73.2 Å². The maximum absolute atomic E-state index is 12.7. The van der Waals surface area contributed by atoms with Gasteiger partial charge >= 0.3 is 0 Å². The van der Waals surface area contributed by atoms with Gasteiger partial charge in [-0.15, -0.1) is 0 Å². The van der Waals surface area contributed by atoms with E-state index in [2.05, 4.69) is 15.5 Å². The molecule has 4 aromatic carbocycles. The van der Waals surface area contributed by atoms with E-state index >= 15 is 0 Å². The average Bonchev–Trinajstić information content (AvgIpc) is 3.14. The van der Waals surface area contributed by atoms with Crippen molar-refractivity contribution in [2.45, 2.75) is 69.2 Å². The van der Waals surface area contributed by atoms with Crippen molar-refractivity contribution in [1.29, 1.82) is 0 Å². The predicted molar refractivity (Wildman–Crippen MR) is 198 cm³/mol. The number of aliphatic hydroxyl groups is 2. The fraction of sp³-hybridized carbons (Fsp3) is 0.350. The number of benzene rings is 4. The molecule has 0 aromatic heterocycles. The number of rotatable bonds is 12. The second kappa shape index (κ2) is 16.8. The fourth-order valence-corrected chi connectivity index (χ4v) is 6.78. The first kappa shape index (κ1) is 36.5. The van der Waals surface area contributed by atoms with Gasteiger partial charge in [0.1, 0.15) is 0 Å².